The number of carbonyl (C=O) groups is 1. The smallest absolute Gasteiger partial charge is 0.226 e. The Morgan fingerprint density at radius 1 is 1.06 bits per heavy atom. The van der Waals surface area contributed by atoms with Gasteiger partial charge < -0.3 is 30.9 Å². The monoisotopic (exact) mass is 476 g/mol. The van der Waals surface area contributed by atoms with Crippen LogP contribution in [0.15, 0.2) is 72.0 Å². The van der Waals surface area contributed by atoms with E-state index in [0.29, 0.717) is 30.2 Å². The molecule has 1 amide bonds. The summed E-state index contributed by atoms with van der Waals surface area (Å²) in [7, 11) is 1.57. The van der Waals surface area contributed by atoms with E-state index < -0.39 is 0 Å². The highest BCUT2D eigenvalue weighted by Gasteiger charge is 2.15. The number of carbonyl (C=O) groups excluding carboxylic acids is 1. The molecule has 0 saturated carbocycles. The molecule has 0 radical (unpaired) electrons. The molecular weight excluding hydrogens is 440 g/mol. The van der Waals surface area contributed by atoms with Crippen LogP contribution in [0, 0.1) is 0 Å². The van der Waals surface area contributed by atoms with Crippen molar-refractivity contribution >= 4 is 34.9 Å². The summed E-state index contributed by atoms with van der Waals surface area (Å²) in [5, 5.41) is 6.02. The third-order valence-electron chi connectivity index (χ3n) is 5.86. The molecule has 2 aromatic rings. The molecule has 0 aromatic heterocycles. The summed E-state index contributed by atoms with van der Waals surface area (Å²) in [6, 6.07) is 15.7. The fraction of sp³-hybridized carbons (Fsp3) is 0.333. The number of anilines is 3. The second kappa shape index (κ2) is 13.3. The van der Waals surface area contributed by atoms with E-state index in [0.717, 1.165) is 44.0 Å². The third-order valence-corrected chi connectivity index (χ3v) is 5.86. The highest BCUT2D eigenvalue weighted by Crippen LogP contribution is 2.20. The van der Waals surface area contributed by atoms with Gasteiger partial charge in [0, 0.05) is 62.3 Å². The Morgan fingerprint density at radius 3 is 2.31 bits per heavy atom. The summed E-state index contributed by atoms with van der Waals surface area (Å²) >= 11 is 0. The third kappa shape index (κ3) is 8.27. The number of amides is 1. The molecule has 3 rings (SSSR count). The zero-order valence-electron chi connectivity index (χ0n) is 20.7. The van der Waals surface area contributed by atoms with E-state index in [1.165, 1.54) is 5.69 Å². The van der Waals surface area contributed by atoms with Gasteiger partial charge in [-0.3, -0.25) is 4.79 Å². The molecule has 0 atom stereocenters. The Morgan fingerprint density at radius 2 is 1.69 bits per heavy atom. The van der Waals surface area contributed by atoms with Gasteiger partial charge in [0.25, 0.3) is 0 Å². The highest BCUT2D eigenvalue weighted by atomic mass is 16.5. The molecule has 4 N–H and O–H groups in total. The summed E-state index contributed by atoms with van der Waals surface area (Å²) < 4.78 is 4.91. The molecule has 2 aromatic carbocycles. The number of likely N-dealkylation sites (N-methyl/N-ethyl adjacent to an activating group) is 1. The lowest BCUT2D eigenvalue weighted by molar-refractivity contribution is -0.117. The maximum atomic E-state index is 11.8. The lowest BCUT2D eigenvalue weighted by atomic mass is 10.1. The van der Waals surface area contributed by atoms with Crippen molar-refractivity contribution < 1.29 is 9.53 Å². The number of aliphatic imine (C=N–C) groups is 1. The second-order valence-corrected chi connectivity index (χ2v) is 8.31. The summed E-state index contributed by atoms with van der Waals surface area (Å²) in [6.07, 6.45) is 3.65. The lowest BCUT2D eigenvalue weighted by Crippen LogP contribution is -2.46. The number of nitrogens with two attached hydrogens (primary N) is 1. The average Bonchev–Trinajstić information content (AvgIpc) is 2.88. The van der Waals surface area contributed by atoms with E-state index >= 15 is 0 Å². The molecular formula is C27H36N6O2. The minimum absolute atomic E-state index is 0.0919. The number of ether oxygens (including phenoxy) is 1. The zero-order chi connectivity index (χ0) is 25.0. The number of nitrogens with zero attached hydrogens (tertiary/aromatic N) is 3. The molecule has 0 bridgehead atoms. The summed E-state index contributed by atoms with van der Waals surface area (Å²) in [4.78, 5) is 21.0. The molecule has 8 heteroatoms. The molecule has 0 spiro atoms. The fourth-order valence-corrected chi connectivity index (χ4v) is 3.74. The van der Waals surface area contributed by atoms with Gasteiger partial charge in [-0.1, -0.05) is 25.6 Å². The predicted molar refractivity (Wildman–Crippen MR) is 146 cm³/mol. The van der Waals surface area contributed by atoms with Crippen LogP contribution in [0.5, 0.6) is 0 Å². The van der Waals surface area contributed by atoms with Crippen LogP contribution in [0.3, 0.4) is 0 Å². The fourth-order valence-electron chi connectivity index (χ4n) is 3.74. The first-order valence-electron chi connectivity index (χ1n) is 11.9. The Labute approximate surface area is 208 Å². The van der Waals surface area contributed by atoms with Gasteiger partial charge in [-0.2, -0.15) is 0 Å². The standard InChI is InChI=1S/C27H36N6O2/c1-4-32-16-18-33(19-17-32)25-11-9-23(10-12-25)30-21(2)29-15-13-26(28)22-5-7-24(8-6-22)31-27(34)14-20-35-3/h5-13,15,30H,2,4,14,16-20,28H2,1,3H3,(H,31,34)/b26-13-,29-15-. The van der Waals surface area contributed by atoms with E-state index in [4.69, 9.17) is 10.5 Å². The number of piperazine rings is 1. The molecule has 1 aliphatic rings. The number of hydrogen-bond acceptors (Lipinski definition) is 7. The van der Waals surface area contributed by atoms with Crippen molar-refractivity contribution in [3.63, 3.8) is 0 Å². The normalized spacial score (nSPS) is 14.8. The molecule has 8 nitrogen and oxygen atoms in total. The van der Waals surface area contributed by atoms with Gasteiger partial charge in [-0.25, -0.2) is 4.99 Å². The number of hydrogen-bond donors (Lipinski definition) is 3. The van der Waals surface area contributed by atoms with Crippen molar-refractivity contribution in [1.82, 2.24) is 4.90 Å². The largest absolute Gasteiger partial charge is 0.398 e. The minimum atomic E-state index is -0.0919. The van der Waals surface area contributed by atoms with E-state index in [1.807, 2.05) is 36.4 Å². The zero-order valence-corrected chi connectivity index (χ0v) is 20.7. The van der Waals surface area contributed by atoms with Gasteiger partial charge in [0.2, 0.25) is 5.91 Å². The summed E-state index contributed by atoms with van der Waals surface area (Å²) in [5.41, 5.74) is 10.4. The summed E-state index contributed by atoms with van der Waals surface area (Å²) in [5.74, 6) is 0.429. The van der Waals surface area contributed by atoms with Gasteiger partial charge >= 0.3 is 0 Å². The van der Waals surface area contributed by atoms with E-state index in [9.17, 15) is 4.79 Å². The maximum absolute atomic E-state index is 11.8. The summed E-state index contributed by atoms with van der Waals surface area (Å²) in [6.45, 7) is 12.0. The first-order chi connectivity index (χ1) is 17.0. The Balaban J connectivity index is 1.47. The number of methoxy groups -OCH3 is 1. The van der Waals surface area contributed by atoms with Gasteiger partial charge in [0.15, 0.2) is 0 Å². The number of nitrogens with one attached hydrogen (secondary N) is 2. The van der Waals surface area contributed by atoms with Gasteiger partial charge in [-0.05, 0) is 54.6 Å². The Bertz CT molecular complexity index is 1020. The van der Waals surface area contributed by atoms with E-state index in [-0.39, 0.29) is 5.91 Å². The Kier molecular flexibility index (Phi) is 9.89. The van der Waals surface area contributed by atoms with Crippen molar-refractivity contribution in [2.24, 2.45) is 10.7 Å². The first-order valence-corrected chi connectivity index (χ1v) is 11.9. The first kappa shape index (κ1) is 26.0. The average molecular weight is 477 g/mol. The molecule has 0 aliphatic carbocycles. The highest BCUT2D eigenvalue weighted by molar-refractivity contribution is 5.91. The SMILES string of the molecule is C=C(/N=C\C=C(/N)c1ccc(NC(=O)CCOC)cc1)Nc1ccc(N2CCN(CC)CC2)cc1. The van der Waals surface area contributed by atoms with Crippen LogP contribution in [-0.4, -0.2) is 63.5 Å². The number of benzene rings is 2. The second-order valence-electron chi connectivity index (χ2n) is 8.31. The molecule has 1 saturated heterocycles. The van der Waals surface area contributed by atoms with Crippen molar-refractivity contribution in [2.45, 2.75) is 13.3 Å². The van der Waals surface area contributed by atoms with Crippen LogP contribution in [-0.2, 0) is 9.53 Å². The van der Waals surface area contributed by atoms with Crippen LogP contribution in [0.25, 0.3) is 5.70 Å². The predicted octanol–water partition coefficient (Wildman–Crippen LogP) is 3.76. The lowest BCUT2D eigenvalue weighted by Gasteiger charge is -2.35. The van der Waals surface area contributed by atoms with Crippen molar-refractivity contribution in [2.75, 3.05) is 62.0 Å². The minimum Gasteiger partial charge on any atom is -0.398 e. The number of allylic oxidation sites excluding steroid dienone is 1. The van der Waals surface area contributed by atoms with Crippen molar-refractivity contribution in [3.05, 3.63) is 72.6 Å². The molecule has 186 valence electrons. The quantitative estimate of drug-likeness (QED) is 0.428. The van der Waals surface area contributed by atoms with Gasteiger partial charge in [0.05, 0.1) is 13.0 Å². The van der Waals surface area contributed by atoms with Crippen LogP contribution >= 0.6 is 0 Å². The van der Waals surface area contributed by atoms with Crippen molar-refractivity contribution in [1.29, 1.82) is 0 Å². The molecule has 0 unspecified atom stereocenters. The van der Waals surface area contributed by atoms with Crippen molar-refractivity contribution in [3.8, 4) is 0 Å². The van der Waals surface area contributed by atoms with Crippen LogP contribution in [0.1, 0.15) is 18.9 Å². The van der Waals surface area contributed by atoms with Crippen LogP contribution in [0.4, 0.5) is 17.1 Å². The molecule has 1 fully saturated rings. The molecule has 35 heavy (non-hydrogen) atoms. The maximum Gasteiger partial charge on any atom is 0.226 e. The van der Waals surface area contributed by atoms with E-state index in [1.54, 1.807) is 19.4 Å². The number of rotatable bonds is 11. The van der Waals surface area contributed by atoms with Gasteiger partial charge in [0.1, 0.15) is 5.82 Å². The topological polar surface area (TPSA) is 95.2 Å². The van der Waals surface area contributed by atoms with Crippen LogP contribution in [0.2, 0.25) is 0 Å². The van der Waals surface area contributed by atoms with E-state index in [2.05, 4.69) is 51.1 Å². The molecule has 1 heterocycles. The van der Waals surface area contributed by atoms with Gasteiger partial charge in [-0.15, -0.1) is 0 Å². The van der Waals surface area contributed by atoms with Crippen LogP contribution < -0.4 is 21.3 Å². The Hall–Kier alpha value is -3.62. The molecule has 1 aliphatic heterocycles.